The Morgan fingerprint density at radius 3 is 1.00 bits per heavy atom. The van der Waals surface area contributed by atoms with Gasteiger partial charge in [0.25, 0.3) is 0 Å². The third-order valence-corrected chi connectivity index (χ3v) is 13.5. The average molecular weight is 828 g/mol. The Hall–Kier alpha value is -8.80. The Labute approximate surface area is 373 Å². The molecule has 0 unspecified atom stereocenters. The first-order valence-electron chi connectivity index (χ1n) is 22.2. The summed E-state index contributed by atoms with van der Waals surface area (Å²) in [6.45, 7) is 0. The topological polar surface area (TPSA) is 40.6 Å². The lowest BCUT2D eigenvalue weighted by molar-refractivity contribution is 0.996. The van der Waals surface area contributed by atoms with Crippen LogP contribution in [0.4, 0.5) is 0 Å². The van der Waals surface area contributed by atoms with Crippen LogP contribution in [0.2, 0.25) is 0 Å². The molecule has 14 rings (SSSR count). The molecule has 0 bridgehead atoms. The van der Waals surface area contributed by atoms with E-state index in [2.05, 4.69) is 238 Å². The molecule has 5 nitrogen and oxygen atoms in total. The van der Waals surface area contributed by atoms with Crippen LogP contribution in [-0.4, -0.2) is 23.7 Å². The molecule has 0 atom stereocenters. The number of aromatic nitrogens is 5. The van der Waals surface area contributed by atoms with E-state index in [4.69, 9.17) is 9.97 Å². The Morgan fingerprint density at radius 1 is 0.246 bits per heavy atom. The van der Waals surface area contributed by atoms with Gasteiger partial charge in [0.1, 0.15) is 0 Å². The highest BCUT2D eigenvalue weighted by atomic mass is 15.2. The van der Waals surface area contributed by atoms with Gasteiger partial charge in [0.05, 0.1) is 44.5 Å². The van der Waals surface area contributed by atoms with Crippen molar-refractivity contribution in [3.63, 3.8) is 0 Å². The van der Waals surface area contributed by atoms with Crippen molar-refractivity contribution >= 4 is 87.0 Å². The number of para-hydroxylation sites is 4. The maximum Gasteiger partial charge on any atom is 0.235 e. The molecule has 14 aromatic rings. The molecule has 0 N–H and O–H groups in total. The summed E-state index contributed by atoms with van der Waals surface area (Å²) in [7, 11) is 0. The number of hydrogen-bond donors (Lipinski definition) is 0. The van der Waals surface area contributed by atoms with Gasteiger partial charge in [-0.05, 0) is 88.3 Å². The quantitative estimate of drug-likeness (QED) is 0.173. The standard InChI is InChI=1S/C60H37N5/c1-3-19-42-38(15-1)17-13-25-44(42)52-37-53(45-26-14-18-39-16-2-4-20-43(39)45)62-60(61-52)65-58-33-31-40(63-54-27-9-5-21-46(54)47-22-6-10-28-55(47)63)35-50(58)51-36-41(32-34-59(51)65)64-56-29-11-7-23-48(56)49-24-8-12-30-57(49)64/h1-37H. The number of hydrogen-bond acceptors (Lipinski definition) is 2. The molecule has 0 saturated carbocycles. The number of fused-ring (bicyclic) bond motifs is 11. The van der Waals surface area contributed by atoms with E-state index >= 15 is 0 Å². The zero-order valence-electron chi connectivity index (χ0n) is 35.1. The summed E-state index contributed by atoms with van der Waals surface area (Å²) >= 11 is 0. The second-order valence-electron chi connectivity index (χ2n) is 17.0. The molecule has 4 aromatic heterocycles. The van der Waals surface area contributed by atoms with Crippen molar-refractivity contribution in [2.45, 2.75) is 0 Å². The van der Waals surface area contributed by atoms with Gasteiger partial charge in [-0.15, -0.1) is 0 Å². The van der Waals surface area contributed by atoms with Gasteiger partial charge in [0, 0.05) is 54.8 Å². The van der Waals surface area contributed by atoms with Crippen molar-refractivity contribution in [3.8, 4) is 39.8 Å². The van der Waals surface area contributed by atoms with Crippen LogP contribution in [0.25, 0.3) is 127 Å². The molecule has 0 saturated heterocycles. The molecular formula is C60H37N5. The molecular weight excluding hydrogens is 791 g/mol. The van der Waals surface area contributed by atoms with Gasteiger partial charge in [0.15, 0.2) is 0 Å². The highest BCUT2D eigenvalue weighted by molar-refractivity contribution is 6.14. The van der Waals surface area contributed by atoms with E-state index in [0.29, 0.717) is 5.95 Å². The Morgan fingerprint density at radius 2 is 0.585 bits per heavy atom. The minimum Gasteiger partial charge on any atom is -0.309 e. The van der Waals surface area contributed by atoms with E-state index < -0.39 is 0 Å². The predicted molar refractivity (Wildman–Crippen MR) is 271 cm³/mol. The first-order chi connectivity index (χ1) is 32.2. The van der Waals surface area contributed by atoms with Gasteiger partial charge in [-0.3, -0.25) is 4.57 Å². The number of benzene rings is 10. The lowest BCUT2D eigenvalue weighted by Gasteiger charge is -2.14. The molecule has 0 aliphatic rings. The highest BCUT2D eigenvalue weighted by Gasteiger charge is 2.22. The summed E-state index contributed by atoms with van der Waals surface area (Å²) in [5.41, 5.74) is 12.8. The molecule has 0 aliphatic heterocycles. The summed E-state index contributed by atoms with van der Waals surface area (Å²) in [4.78, 5) is 11.1. The van der Waals surface area contributed by atoms with Gasteiger partial charge in [-0.1, -0.05) is 158 Å². The molecule has 302 valence electrons. The van der Waals surface area contributed by atoms with Crippen LogP contribution in [0.3, 0.4) is 0 Å². The van der Waals surface area contributed by atoms with Crippen molar-refractivity contribution in [1.82, 2.24) is 23.7 Å². The summed E-state index contributed by atoms with van der Waals surface area (Å²) in [6, 6.07) is 80.9. The first kappa shape index (κ1) is 35.8. The van der Waals surface area contributed by atoms with Crippen LogP contribution in [0.1, 0.15) is 0 Å². The van der Waals surface area contributed by atoms with Crippen LogP contribution >= 0.6 is 0 Å². The Bertz CT molecular complexity index is 3870. The molecule has 0 radical (unpaired) electrons. The Balaban J connectivity index is 1.09. The van der Waals surface area contributed by atoms with E-state index in [1.54, 1.807) is 0 Å². The molecule has 4 heterocycles. The van der Waals surface area contributed by atoms with Gasteiger partial charge in [-0.2, -0.15) is 0 Å². The van der Waals surface area contributed by atoms with Gasteiger partial charge < -0.3 is 9.13 Å². The number of nitrogens with zero attached hydrogens (tertiary/aromatic N) is 5. The van der Waals surface area contributed by atoms with Crippen LogP contribution in [0, 0.1) is 0 Å². The fraction of sp³-hybridized carbons (Fsp3) is 0. The third kappa shape index (κ3) is 5.33. The molecule has 0 spiro atoms. The van der Waals surface area contributed by atoms with Gasteiger partial charge >= 0.3 is 0 Å². The second kappa shape index (κ2) is 13.9. The van der Waals surface area contributed by atoms with Crippen molar-refractivity contribution in [2.24, 2.45) is 0 Å². The summed E-state index contributed by atoms with van der Waals surface area (Å²) in [6.07, 6.45) is 0. The van der Waals surface area contributed by atoms with Crippen molar-refractivity contribution in [2.75, 3.05) is 0 Å². The van der Waals surface area contributed by atoms with Gasteiger partial charge in [-0.25, -0.2) is 9.97 Å². The normalized spacial score (nSPS) is 12.0. The lowest BCUT2D eigenvalue weighted by Crippen LogP contribution is -2.04. The molecule has 10 aromatic carbocycles. The maximum atomic E-state index is 5.55. The highest BCUT2D eigenvalue weighted by Crippen LogP contribution is 2.41. The lowest BCUT2D eigenvalue weighted by atomic mass is 9.99. The maximum absolute atomic E-state index is 5.55. The van der Waals surface area contributed by atoms with E-state index in [1.807, 2.05) is 0 Å². The van der Waals surface area contributed by atoms with E-state index in [-0.39, 0.29) is 0 Å². The minimum atomic E-state index is 0.618. The average Bonchev–Trinajstić information content (AvgIpc) is 4.01. The van der Waals surface area contributed by atoms with E-state index in [9.17, 15) is 0 Å². The zero-order valence-corrected chi connectivity index (χ0v) is 35.1. The van der Waals surface area contributed by atoms with Gasteiger partial charge in [0.2, 0.25) is 5.95 Å². The fourth-order valence-corrected chi connectivity index (χ4v) is 10.6. The van der Waals surface area contributed by atoms with Crippen LogP contribution in [0.15, 0.2) is 224 Å². The Kier molecular flexibility index (Phi) is 7.62. The molecule has 5 heteroatoms. The molecule has 0 fully saturated rings. The SMILES string of the molecule is c1ccc2c(-c3cc(-c4cccc5ccccc45)nc(-n4c5ccc(-n6c7ccccc7c7ccccc76)cc5c5cc(-n6c7ccccc7c7ccccc76)ccc54)n3)cccc2c1. The summed E-state index contributed by atoms with van der Waals surface area (Å²) < 4.78 is 7.08. The third-order valence-electron chi connectivity index (χ3n) is 13.5. The smallest absolute Gasteiger partial charge is 0.235 e. The van der Waals surface area contributed by atoms with Crippen LogP contribution in [0.5, 0.6) is 0 Å². The second-order valence-corrected chi connectivity index (χ2v) is 17.0. The molecule has 0 aliphatic carbocycles. The minimum absolute atomic E-state index is 0.618. The largest absolute Gasteiger partial charge is 0.309 e. The van der Waals surface area contributed by atoms with Crippen LogP contribution < -0.4 is 0 Å². The zero-order chi connectivity index (χ0) is 42.6. The van der Waals surface area contributed by atoms with Crippen LogP contribution in [-0.2, 0) is 0 Å². The van der Waals surface area contributed by atoms with Crippen molar-refractivity contribution in [3.05, 3.63) is 224 Å². The fourth-order valence-electron chi connectivity index (χ4n) is 10.6. The predicted octanol–water partition coefficient (Wildman–Crippen LogP) is 15.4. The van der Waals surface area contributed by atoms with E-state index in [1.165, 1.54) is 54.4 Å². The summed E-state index contributed by atoms with van der Waals surface area (Å²) in [5.74, 6) is 0.618. The van der Waals surface area contributed by atoms with Crippen molar-refractivity contribution < 1.29 is 0 Å². The van der Waals surface area contributed by atoms with E-state index in [0.717, 1.165) is 66.5 Å². The van der Waals surface area contributed by atoms with Crippen molar-refractivity contribution in [1.29, 1.82) is 0 Å². The number of rotatable bonds is 5. The molecule has 65 heavy (non-hydrogen) atoms. The monoisotopic (exact) mass is 827 g/mol. The molecule has 0 amide bonds. The first-order valence-corrected chi connectivity index (χ1v) is 22.2. The summed E-state index contributed by atoms with van der Waals surface area (Å²) in [5, 5.41) is 11.8.